The van der Waals surface area contributed by atoms with Crippen LogP contribution < -0.4 is 0 Å². The van der Waals surface area contributed by atoms with Gasteiger partial charge in [0.1, 0.15) is 18.0 Å². The summed E-state index contributed by atoms with van der Waals surface area (Å²) >= 11 is 0. The van der Waals surface area contributed by atoms with Gasteiger partial charge in [0.15, 0.2) is 0 Å². The van der Waals surface area contributed by atoms with Gasteiger partial charge in [-0.15, -0.1) is 0 Å². The number of esters is 1. The van der Waals surface area contributed by atoms with E-state index in [9.17, 15) is 9.59 Å². The molecular weight excluding hydrogens is 408 g/mol. The molecule has 0 saturated heterocycles. The number of ketones is 1. The van der Waals surface area contributed by atoms with Crippen molar-refractivity contribution in [3.63, 3.8) is 0 Å². The van der Waals surface area contributed by atoms with Crippen LogP contribution in [0.4, 0.5) is 0 Å². The first kappa shape index (κ1) is 25.6. The lowest BCUT2D eigenvalue weighted by Crippen LogP contribution is -2.44. The molecule has 0 amide bonds. The van der Waals surface area contributed by atoms with Gasteiger partial charge in [0.25, 0.3) is 0 Å². The van der Waals surface area contributed by atoms with Crippen molar-refractivity contribution in [3.8, 4) is 0 Å². The molecule has 5 atom stereocenters. The zero-order valence-corrected chi connectivity index (χ0v) is 20.8. The van der Waals surface area contributed by atoms with Gasteiger partial charge in [0, 0.05) is 18.9 Å². The fraction of sp³-hybridized carbons (Fsp3) is 0.923. The Morgan fingerprint density at radius 3 is 1.97 bits per heavy atom. The van der Waals surface area contributed by atoms with Crippen LogP contribution in [-0.4, -0.2) is 43.3 Å². The van der Waals surface area contributed by atoms with E-state index in [0.29, 0.717) is 0 Å². The molecule has 0 aliphatic heterocycles. The van der Waals surface area contributed by atoms with E-state index in [2.05, 4.69) is 20.8 Å². The van der Waals surface area contributed by atoms with Crippen molar-refractivity contribution in [3.05, 3.63) is 0 Å². The molecule has 3 rings (SSSR count). The third-order valence-electron chi connectivity index (χ3n) is 8.01. The van der Waals surface area contributed by atoms with Crippen LogP contribution in [0.25, 0.3) is 0 Å². The van der Waals surface area contributed by atoms with Crippen LogP contribution in [0, 0.1) is 23.2 Å². The molecule has 3 fully saturated rings. The summed E-state index contributed by atoms with van der Waals surface area (Å²) in [6.45, 7) is 8.29. The van der Waals surface area contributed by atoms with Crippen molar-refractivity contribution >= 4 is 11.8 Å². The maximum absolute atomic E-state index is 12.9. The summed E-state index contributed by atoms with van der Waals surface area (Å²) in [6, 6.07) is 0. The third-order valence-corrected chi connectivity index (χ3v) is 8.01. The Kier molecular flexibility index (Phi) is 9.16. The van der Waals surface area contributed by atoms with Gasteiger partial charge in [-0.05, 0) is 70.1 Å². The number of ether oxygens (including phenoxy) is 2. The Labute approximate surface area is 194 Å². The molecule has 0 aromatic rings. The fourth-order valence-corrected chi connectivity index (χ4v) is 5.82. The van der Waals surface area contributed by atoms with Crippen LogP contribution in [0.3, 0.4) is 0 Å². The molecule has 0 heterocycles. The summed E-state index contributed by atoms with van der Waals surface area (Å²) in [5.74, 6) is 0.436. The molecule has 3 aliphatic carbocycles. The van der Waals surface area contributed by atoms with Gasteiger partial charge in [-0.3, -0.25) is 9.59 Å². The number of rotatable bonds is 7. The molecule has 0 radical (unpaired) electrons. The Bertz CT molecular complexity index is 618. The minimum atomic E-state index is -0.0886. The van der Waals surface area contributed by atoms with Gasteiger partial charge in [0.2, 0.25) is 0 Å². The summed E-state index contributed by atoms with van der Waals surface area (Å²) in [4.78, 5) is 36.3. The second-order valence-electron chi connectivity index (χ2n) is 11.3. The van der Waals surface area contributed by atoms with Gasteiger partial charge >= 0.3 is 5.97 Å². The minimum absolute atomic E-state index is 0.000823. The lowest BCUT2D eigenvalue weighted by Gasteiger charge is -2.43. The van der Waals surface area contributed by atoms with Crippen molar-refractivity contribution in [1.82, 2.24) is 0 Å². The number of carbonyl (C=O) groups excluding carboxylic acids is 2. The highest BCUT2D eigenvalue weighted by atomic mass is 17.2. The molecule has 3 saturated carbocycles. The van der Waals surface area contributed by atoms with Gasteiger partial charge in [-0.25, -0.2) is 9.78 Å². The number of Topliss-reactive ketones (excluding diaryl/α,β-unsaturated/α-hetero) is 1. The van der Waals surface area contributed by atoms with E-state index in [1.54, 1.807) is 14.0 Å². The highest BCUT2D eigenvalue weighted by Crippen LogP contribution is 2.42. The van der Waals surface area contributed by atoms with Gasteiger partial charge in [-0.2, -0.15) is 0 Å². The second-order valence-corrected chi connectivity index (χ2v) is 11.3. The van der Waals surface area contributed by atoms with E-state index in [-0.39, 0.29) is 59.3 Å². The molecule has 6 nitrogen and oxygen atoms in total. The van der Waals surface area contributed by atoms with Crippen molar-refractivity contribution in [2.75, 3.05) is 7.11 Å². The minimum Gasteiger partial charge on any atom is -0.462 e. The number of hydrogen-bond acceptors (Lipinski definition) is 6. The Balaban J connectivity index is 1.52. The standard InChI is InChI=1S/C26H44O6/c1-17(27)18-10-12-19(13-11-18)25(28)30-22-15-14-20(16-21(22)26(2,3)4)31-32-24-9-7-6-8-23(24)29-5/h18-24H,6-16H2,1-5H3. The van der Waals surface area contributed by atoms with Crippen molar-refractivity contribution < 1.29 is 28.8 Å². The molecule has 184 valence electrons. The SMILES string of the molecule is COC1CCCCC1OOC1CCC(OC(=O)C2CCC(C(C)=O)CC2)C(C(C)(C)C)C1. The van der Waals surface area contributed by atoms with Gasteiger partial charge in [0.05, 0.1) is 18.1 Å². The van der Waals surface area contributed by atoms with Crippen LogP contribution in [0.1, 0.15) is 98.3 Å². The first-order valence-corrected chi connectivity index (χ1v) is 12.7. The summed E-state index contributed by atoms with van der Waals surface area (Å²) < 4.78 is 11.7. The Morgan fingerprint density at radius 1 is 0.750 bits per heavy atom. The lowest BCUT2D eigenvalue weighted by atomic mass is 9.70. The zero-order chi connectivity index (χ0) is 23.3. The predicted molar refractivity (Wildman–Crippen MR) is 122 cm³/mol. The first-order valence-electron chi connectivity index (χ1n) is 12.7. The topological polar surface area (TPSA) is 71.1 Å². The Hall–Kier alpha value is -0.980. The Morgan fingerprint density at radius 2 is 1.38 bits per heavy atom. The van der Waals surface area contributed by atoms with E-state index in [0.717, 1.165) is 64.2 Å². The lowest BCUT2D eigenvalue weighted by molar-refractivity contribution is -0.374. The molecule has 0 spiro atoms. The molecule has 0 N–H and O–H groups in total. The number of methoxy groups -OCH3 is 1. The molecule has 0 aromatic carbocycles. The first-order chi connectivity index (χ1) is 15.2. The van der Waals surface area contributed by atoms with E-state index in [1.807, 2.05) is 0 Å². The highest BCUT2D eigenvalue weighted by Gasteiger charge is 2.42. The maximum Gasteiger partial charge on any atom is 0.309 e. The van der Waals surface area contributed by atoms with E-state index in [1.165, 1.54) is 6.42 Å². The van der Waals surface area contributed by atoms with Crippen LogP contribution in [-0.2, 0) is 28.8 Å². The van der Waals surface area contributed by atoms with Crippen molar-refractivity contribution in [1.29, 1.82) is 0 Å². The van der Waals surface area contributed by atoms with Crippen molar-refractivity contribution in [2.24, 2.45) is 23.2 Å². The van der Waals surface area contributed by atoms with Gasteiger partial charge in [-0.1, -0.05) is 33.6 Å². The highest BCUT2D eigenvalue weighted by molar-refractivity contribution is 5.79. The largest absolute Gasteiger partial charge is 0.462 e. The zero-order valence-electron chi connectivity index (χ0n) is 20.8. The smallest absolute Gasteiger partial charge is 0.309 e. The average molecular weight is 453 g/mol. The molecule has 0 aromatic heterocycles. The normalized spacial score (nSPS) is 36.5. The van der Waals surface area contributed by atoms with Crippen LogP contribution >= 0.6 is 0 Å². The van der Waals surface area contributed by atoms with Gasteiger partial charge < -0.3 is 9.47 Å². The second kappa shape index (κ2) is 11.4. The summed E-state index contributed by atoms with van der Waals surface area (Å²) in [7, 11) is 1.74. The molecule has 6 heteroatoms. The maximum atomic E-state index is 12.9. The molecular formula is C26H44O6. The quantitative estimate of drug-likeness (QED) is 0.292. The number of hydrogen-bond donors (Lipinski definition) is 0. The summed E-state index contributed by atoms with van der Waals surface area (Å²) in [5.41, 5.74) is -0.000823. The van der Waals surface area contributed by atoms with E-state index < -0.39 is 0 Å². The van der Waals surface area contributed by atoms with Crippen molar-refractivity contribution in [2.45, 2.75) is 123 Å². The molecule has 3 aliphatic rings. The third kappa shape index (κ3) is 6.77. The monoisotopic (exact) mass is 452 g/mol. The predicted octanol–water partition coefficient (Wildman–Crippen LogP) is 5.41. The number of carbonyl (C=O) groups is 2. The van der Waals surface area contributed by atoms with Crippen LogP contribution in [0.5, 0.6) is 0 Å². The average Bonchev–Trinajstić information content (AvgIpc) is 2.77. The fourth-order valence-electron chi connectivity index (χ4n) is 5.82. The molecule has 0 bridgehead atoms. The van der Waals surface area contributed by atoms with Crippen LogP contribution in [0.15, 0.2) is 0 Å². The molecule has 5 unspecified atom stereocenters. The van der Waals surface area contributed by atoms with E-state index in [4.69, 9.17) is 19.2 Å². The summed E-state index contributed by atoms with van der Waals surface area (Å²) in [5, 5.41) is 0. The summed E-state index contributed by atoms with van der Waals surface area (Å²) in [6.07, 6.45) is 9.93. The van der Waals surface area contributed by atoms with E-state index >= 15 is 0 Å². The van der Waals surface area contributed by atoms with Crippen LogP contribution in [0.2, 0.25) is 0 Å². The molecule has 32 heavy (non-hydrogen) atoms.